The summed E-state index contributed by atoms with van der Waals surface area (Å²) in [5.41, 5.74) is 2.13. The highest BCUT2D eigenvalue weighted by Crippen LogP contribution is 2.39. The Labute approximate surface area is 195 Å². The Morgan fingerprint density at radius 2 is 1.26 bits per heavy atom. The van der Waals surface area contributed by atoms with Crippen molar-refractivity contribution in [2.24, 2.45) is 0 Å². The van der Waals surface area contributed by atoms with E-state index in [-0.39, 0.29) is 11.3 Å². The molecule has 3 heterocycles. The summed E-state index contributed by atoms with van der Waals surface area (Å²) in [5.74, 6) is 1.42. The lowest BCUT2D eigenvalue weighted by Crippen LogP contribution is -2.32. The smallest absolute Gasteiger partial charge is 0.282 e. The molecular weight excluding hydrogens is 436 g/mol. The van der Waals surface area contributed by atoms with Gasteiger partial charge in [0.25, 0.3) is 11.8 Å². The molecule has 0 saturated carbocycles. The van der Waals surface area contributed by atoms with Gasteiger partial charge in [-0.25, -0.2) is 4.90 Å². The summed E-state index contributed by atoms with van der Waals surface area (Å²) >= 11 is 0. The van der Waals surface area contributed by atoms with Gasteiger partial charge in [0.05, 0.1) is 11.3 Å². The van der Waals surface area contributed by atoms with Crippen LogP contribution in [0.5, 0.6) is 23.0 Å². The van der Waals surface area contributed by atoms with Gasteiger partial charge in [0.1, 0.15) is 32.1 Å². The maximum Gasteiger partial charge on any atom is 0.282 e. The van der Waals surface area contributed by atoms with Crippen LogP contribution >= 0.6 is 0 Å². The Morgan fingerprint density at radius 1 is 0.647 bits per heavy atom. The molecule has 2 amide bonds. The average Bonchev–Trinajstić information content (AvgIpc) is 3.13. The maximum atomic E-state index is 13.6. The molecule has 3 aliphatic heterocycles. The molecule has 0 unspecified atom stereocenters. The first-order valence-electron chi connectivity index (χ1n) is 10.9. The third-order valence-electron chi connectivity index (χ3n) is 5.74. The van der Waals surface area contributed by atoms with Crippen LogP contribution < -0.4 is 29.2 Å². The number of ether oxygens (including phenoxy) is 4. The summed E-state index contributed by atoms with van der Waals surface area (Å²) in [4.78, 5) is 28.4. The highest BCUT2D eigenvalue weighted by atomic mass is 16.6. The van der Waals surface area contributed by atoms with Crippen LogP contribution in [0.4, 0.5) is 11.4 Å². The number of nitrogens with zero attached hydrogens (tertiary/aromatic N) is 1. The molecule has 3 aromatic rings. The van der Waals surface area contributed by atoms with Crippen molar-refractivity contribution < 1.29 is 28.5 Å². The highest BCUT2D eigenvalue weighted by Gasteiger charge is 2.40. The maximum absolute atomic E-state index is 13.6. The molecule has 0 saturated heterocycles. The zero-order valence-corrected chi connectivity index (χ0v) is 18.1. The van der Waals surface area contributed by atoms with Gasteiger partial charge in [0.2, 0.25) is 0 Å². The van der Waals surface area contributed by atoms with Gasteiger partial charge in [-0.1, -0.05) is 30.3 Å². The molecule has 0 radical (unpaired) electrons. The van der Waals surface area contributed by atoms with Crippen molar-refractivity contribution >= 4 is 28.8 Å². The number of carbonyl (C=O) groups is 2. The standard InChI is InChI=1S/C26H20N2O6/c29-25-23(16-4-2-1-3-5-16)24(27-17-6-8-19-21(14-17)33-12-10-31-19)26(30)28(25)18-7-9-20-22(15-18)34-13-11-32-20/h1-9,14-15,27H,10-13H2. The van der Waals surface area contributed by atoms with Crippen LogP contribution in [-0.2, 0) is 9.59 Å². The van der Waals surface area contributed by atoms with Gasteiger partial charge in [-0.05, 0) is 29.8 Å². The third-order valence-corrected chi connectivity index (χ3v) is 5.74. The first kappa shape index (κ1) is 20.2. The SMILES string of the molecule is O=C1C(Nc2ccc3c(c2)OCCO3)=C(c2ccccc2)C(=O)N1c1ccc2c(c1)OCCO2. The first-order chi connectivity index (χ1) is 16.7. The first-order valence-corrected chi connectivity index (χ1v) is 10.9. The summed E-state index contributed by atoms with van der Waals surface area (Å²) in [6, 6.07) is 19.5. The molecule has 0 bridgehead atoms. The quantitative estimate of drug-likeness (QED) is 0.600. The largest absolute Gasteiger partial charge is 0.486 e. The van der Waals surface area contributed by atoms with Gasteiger partial charge in [-0.2, -0.15) is 0 Å². The van der Waals surface area contributed by atoms with Crippen molar-refractivity contribution in [2.45, 2.75) is 0 Å². The van der Waals surface area contributed by atoms with Crippen molar-refractivity contribution in [1.29, 1.82) is 0 Å². The molecule has 170 valence electrons. The second-order valence-corrected chi connectivity index (χ2v) is 7.87. The fraction of sp³-hybridized carbons (Fsp3) is 0.154. The van der Waals surface area contributed by atoms with Crippen molar-refractivity contribution in [2.75, 3.05) is 36.6 Å². The minimum absolute atomic E-state index is 0.183. The number of fused-ring (bicyclic) bond motifs is 2. The van der Waals surface area contributed by atoms with E-state index in [2.05, 4.69) is 5.32 Å². The number of hydrogen-bond acceptors (Lipinski definition) is 7. The van der Waals surface area contributed by atoms with Gasteiger partial charge in [-0.3, -0.25) is 9.59 Å². The van der Waals surface area contributed by atoms with Gasteiger partial charge in [-0.15, -0.1) is 0 Å². The lowest BCUT2D eigenvalue weighted by atomic mass is 10.0. The number of imide groups is 1. The Kier molecular flexibility index (Phi) is 4.83. The van der Waals surface area contributed by atoms with Crippen LogP contribution in [-0.4, -0.2) is 38.2 Å². The fourth-order valence-corrected chi connectivity index (χ4v) is 4.19. The Hall–Kier alpha value is -4.46. The molecule has 0 fully saturated rings. The zero-order valence-electron chi connectivity index (χ0n) is 18.1. The molecule has 8 heteroatoms. The van der Waals surface area contributed by atoms with Crippen molar-refractivity contribution in [3.8, 4) is 23.0 Å². The monoisotopic (exact) mass is 456 g/mol. The molecule has 0 aliphatic carbocycles. The van der Waals surface area contributed by atoms with Crippen LogP contribution in [0.3, 0.4) is 0 Å². The number of amides is 2. The van der Waals surface area contributed by atoms with Crippen LogP contribution in [0, 0.1) is 0 Å². The second kappa shape index (κ2) is 8.15. The number of anilines is 2. The molecule has 8 nitrogen and oxygen atoms in total. The van der Waals surface area contributed by atoms with E-state index in [1.165, 1.54) is 0 Å². The van der Waals surface area contributed by atoms with Gasteiger partial charge < -0.3 is 24.3 Å². The predicted octanol–water partition coefficient (Wildman–Crippen LogP) is 3.63. The number of benzene rings is 3. The van der Waals surface area contributed by atoms with E-state index >= 15 is 0 Å². The minimum Gasteiger partial charge on any atom is -0.486 e. The molecule has 1 N–H and O–H groups in total. The van der Waals surface area contributed by atoms with Gasteiger partial charge >= 0.3 is 0 Å². The van der Waals surface area contributed by atoms with E-state index in [0.29, 0.717) is 66.4 Å². The fourth-order valence-electron chi connectivity index (χ4n) is 4.19. The molecule has 6 rings (SSSR count). The summed E-state index contributed by atoms with van der Waals surface area (Å²) < 4.78 is 22.5. The highest BCUT2D eigenvalue weighted by molar-refractivity contribution is 6.46. The predicted molar refractivity (Wildman–Crippen MR) is 124 cm³/mol. The van der Waals surface area contributed by atoms with Crippen LogP contribution in [0.15, 0.2) is 72.4 Å². The van der Waals surface area contributed by atoms with Crippen molar-refractivity contribution in [3.63, 3.8) is 0 Å². The number of hydrogen-bond donors (Lipinski definition) is 1. The van der Waals surface area contributed by atoms with Crippen LogP contribution in [0.25, 0.3) is 5.57 Å². The molecule has 0 atom stereocenters. The zero-order chi connectivity index (χ0) is 23.1. The van der Waals surface area contributed by atoms with E-state index in [1.54, 1.807) is 48.5 Å². The summed E-state index contributed by atoms with van der Waals surface area (Å²) in [7, 11) is 0. The Bertz CT molecular complexity index is 1330. The Balaban J connectivity index is 1.40. The molecular formula is C26H20N2O6. The topological polar surface area (TPSA) is 86.3 Å². The number of carbonyl (C=O) groups excluding carboxylic acids is 2. The van der Waals surface area contributed by atoms with E-state index in [0.717, 1.165) is 4.90 Å². The average molecular weight is 456 g/mol. The lowest BCUT2D eigenvalue weighted by Gasteiger charge is -2.21. The van der Waals surface area contributed by atoms with Crippen molar-refractivity contribution in [3.05, 3.63) is 78.0 Å². The van der Waals surface area contributed by atoms with Crippen LogP contribution in [0.2, 0.25) is 0 Å². The van der Waals surface area contributed by atoms with E-state index in [1.807, 2.05) is 18.2 Å². The van der Waals surface area contributed by atoms with Crippen LogP contribution in [0.1, 0.15) is 5.56 Å². The molecule has 0 spiro atoms. The van der Waals surface area contributed by atoms with Gasteiger partial charge in [0.15, 0.2) is 23.0 Å². The molecule has 3 aliphatic rings. The third kappa shape index (κ3) is 3.40. The lowest BCUT2D eigenvalue weighted by molar-refractivity contribution is -0.120. The molecule has 34 heavy (non-hydrogen) atoms. The molecule has 3 aromatic carbocycles. The normalized spacial score (nSPS) is 16.6. The summed E-state index contributed by atoms with van der Waals surface area (Å²) in [6.07, 6.45) is 0. The summed E-state index contributed by atoms with van der Waals surface area (Å²) in [6.45, 7) is 1.80. The van der Waals surface area contributed by atoms with Gasteiger partial charge in [0, 0.05) is 17.8 Å². The van der Waals surface area contributed by atoms with Crippen molar-refractivity contribution in [1.82, 2.24) is 0 Å². The molecule has 0 aromatic heterocycles. The number of rotatable bonds is 4. The number of nitrogens with one attached hydrogen (secondary N) is 1. The van der Waals surface area contributed by atoms with E-state index < -0.39 is 11.8 Å². The summed E-state index contributed by atoms with van der Waals surface area (Å²) in [5, 5.41) is 3.16. The van der Waals surface area contributed by atoms with E-state index in [9.17, 15) is 9.59 Å². The Morgan fingerprint density at radius 3 is 1.97 bits per heavy atom. The van der Waals surface area contributed by atoms with E-state index in [4.69, 9.17) is 18.9 Å². The second-order valence-electron chi connectivity index (χ2n) is 7.87. The minimum atomic E-state index is -0.463.